The molecule has 1 N–H and O–H groups in total. The monoisotopic (exact) mass is 251 g/mol. The van der Waals surface area contributed by atoms with Gasteiger partial charge in [0.25, 0.3) is 0 Å². The molecule has 0 atom stereocenters. The molecular formula is C10H9ClF3NO. The summed E-state index contributed by atoms with van der Waals surface area (Å²) in [6.07, 6.45) is -3.43. The molecular weight excluding hydrogens is 243 g/mol. The maximum atomic E-state index is 12.7. The lowest BCUT2D eigenvalue weighted by molar-refractivity contribution is -0.142. The quantitative estimate of drug-likeness (QED) is 0.820. The number of aromatic nitrogens is 1. The van der Waals surface area contributed by atoms with E-state index in [0.29, 0.717) is 12.8 Å². The molecule has 1 heterocycles. The summed E-state index contributed by atoms with van der Waals surface area (Å²) in [7, 11) is 0. The van der Waals surface area contributed by atoms with Crippen molar-refractivity contribution >= 4 is 11.6 Å². The van der Waals surface area contributed by atoms with Crippen LogP contribution in [0.4, 0.5) is 13.2 Å². The summed E-state index contributed by atoms with van der Waals surface area (Å²) in [6, 6.07) is 2.63. The average Bonchev–Trinajstić information content (AvgIpc) is 2.97. The minimum atomic E-state index is -4.54. The third-order valence-electron chi connectivity index (χ3n) is 2.86. The van der Waals surface area contributed by atoms with Gasteiger partial charge >= 0.3 is 6.18 Å². The number of halogens is 4. The van der Waals surface area contributed by atoms with Gasteiger partial charge in [-0.2, -0.15) is 13.2 Å². The van der Waals surface area contributed by atoms with Crippen LogP contribution in [-0.2, 0) is 11.6 Å². The van der Waals surface area contributed by atoms with Crippen LogP contribution in [-0.4, -0.2) is 16.7 Å². The molecule has 0 aromatic carbocycles. The molecule has 1 aromatic heterocycles. The second kappa shape index (κ2) is 3.60. The second-order valence-electron chi connectivity index (χ2n) is 3.97. The zero-order valence-electron chi connectivity index (χ0n) is 8.18. The van der Waals surface area contributed by atoms with E-state index in [9.17, 15) is 13.2 Å². The SMILES string of the molecule is OCC1(c2ccc(Cl)nc2C(F)(F)F)CC1. The smallest absolute Gasteiger partial charge is 0.395 e. The van der Waals surface area contributed by atoms with Crippen molar-refractivity contribution in [3.05, 3.63) is 28.5 Å². The van der Waals surface area contributed by atoms with Gasteiger partial charge in [0.05, 0.1) is 6.61 Å². The van der Waals surface area contributed by atoms with E-state index in [4.69, 9.17) is 16.7 Å². The molecule has 1 fully saturated rings. The number of nitrogens with zero attached hydrogens (tertiary/aromatic N) is 1. The van der Waals surface area contributed by atoms with Crippen LogP contribution in [0.25, 0.3) is 0 Å². The van der Waals surface area contributed by atoms with Gasteiger partial charge in [0, 0.05) is 5.41 Å². The molecule has 2 rings (SSSR count). The van der Waals surface area contributed by atoms with E-state index in [1.54, 1.807) is 0 Å². The van der Waals surface area contributed by atoms with Crippen molar-refractivity contribution in [1.29, 1.82) is 0 Å². The largest absolute Gasteiger partial charge is 0.433 e. The standard InChI is InChI=1S/C10H9ClF3NO/c11-7-2-1-6(9(5-16)3-4-9)8(15-7)10(12,13)14/h1-2,16H,3-5H2. The Balaban J connectivity index is 2.53. The van der Waals surface area contributed by atoms with Gasteiger partial charge < -0.3 is 5.11 Å². The molecule has 1 aliphatic carbocycles. The molecule has 88 valence electrons. The number of pyridine rings is 1. The van der Waals surface area contributed by atoms with E-state index in [-0.39, 0.29) is 17.3 Å². The maximum Gasteiger partial charge on any atom is 0.433 e. The highest BCUT2D eigenvalue weighted by Crippen LogP contribution is 2.51. The summed E-state index contributed by atoms with van der Waals surface area (Å²) in [5, 5.41) is 8.95. The molecule has 1 aromatic rings. The van der Waals surface area contributed by atoms with Crippen molar-refractivity contribution in [3.8, 4) is 0 Å². The van der Waals surface area contributed by atoms with Crippen molar-refractivity contribution in [2.45, 2.75) is 24.4 Å². The van der Waals surface area contributed by atoms with Crippen molar-refractivity contribution in [2.24, 2.45) is 0 Å². The van der Waals surface area contributed by atoms with Crippen molar-refractivity contribution in [2.75, 3.05) is 6.61 Å². The molecule has 0 saturated heterocycles. The Kier molecular flexibility index (Phi) is 2.62. The van der Waals surface area contributed by atoms with Crippen molar-refractivity contribution in [3.63, 3.8) is 0 Å². The normalized spacial score (nSPS) is 18.6. The number of hydrogen-bond donors (Lipinski definition) is 1. The predicted octanol–water partition coefficient (Wildman–Crippen LogP) is 2.78. The lowest BCUT2D eigenvalue weighted by atomic mass is 9.95. The van der Waals surface area contributed by atoms with Gasteiger partial charge in [0.1, 0.15) is 10.8 Å². The Morgan fingerprint density at radius 1 is 1.38 bits per heavy atom. The van der Waals surface area contributed by atoms with E-state index in [0.717, 1.165) is 0 Å². The van der Waals surface area contributed by atoms with E-state index in [1.807, 2.05) is 0 Å². The highest BCUT2D eigenvalue weighted by molar-refractivity contribution is 6.29. The highest BCUT2D eigenvalue weighted by atomic mass is 35.5. The topological polar surface area (TPSA) is 33.1 Å². The third kappa shape index (κ3) is 1.89. The van der Waals surface area contributed by atoms with Gasteiger partial charge in [0.15, 0.2) is 0 Å². The number of aliphatic hydroxyl groups is 1. The summed E-state index contributed by atoms with van der Waals surface area (Å²) in [4.78, 5) is 3.33. The first-order valence-electron chi connectivity index (χ1n) is 4.74. The average molecular weight is 252 g/mol. The summed E-state index contributed by atoms with van der Waals surface area (Å²) in [5.74, 6) is 0. The molecule has 0 bridgehead atoms. The van der Waals surface area contributed by atoms with Gasteiger partial charge in [-0.3, -0.25) is 0 Å². The predicted molar refractivity (Wildman–Crippen MR) is 52.2 cm³/mol. The van der Waals surface area contributed by atoms with Gasteiger partial charge in [-0.25, -0.2) is 4.98 Å². The van der Waals surface area contributed by atoms with Gasteiger partial charge in [-0.15, -0.1) is 0 Å². The molecule has 16 heavy (non-hydrogen) atoms. The van der Waals surface area contributed by atoms with Crippen LogP contribution in [0.3, 0.4) is 0 Å². The number of hydrogen-bond acceptors (Lipinski definition) is 2. The number of alkyl halides is 3. The fourth-order valence-electron chi connectivity index (χ4n) is 1.74. The Morgan fingerprint density at radius 3 is 2.44 bits per heavy atom. The van der Waals surface area contributed by atoms with Crippen molar-refractivity contribution in [1.82, 2.24) is 4.98 Å². The molecule has 0 aliphatic heterocycles. The van der Waals surface area contributed by atoms with Crippen LogP contribution >= 0.6 is 11.6 Å². The minimum Gasteiger partial charge on any atom is -0.395 e. The first-order chi connectivity index (χ1) is 7.39. The number of rotatable bonds is 2. The van der Waals surface area contributed by atoms with Crippen LogP contribution in [0.15, 0.2) is 12.1 Å². The van der Waals surface area contributed by atoms with Crippen LogP contribution in [0, 0.1) is 0 Å². The van der Waals surface area contributed by atoms with Crippen molar-refractivity contribution < 1.29 is 18.3 Å². The zero-order valence-corrected chi connectivity index (χ0v) is 8.94. The molecule has 0 spiro atoms. The minimum absolute atomic E-state index is 0.0481. The number of aliphatic hydroxyl groups excluding tert-OH is 1. The van der Waals surface area contributed by atoms with E-state index in [2.05, 4.69) is 4.98 Å². The van der Waals surface area contributed by atoms with Crippen LogP contribution < -0.4 is 0 Å². The Bertz CT molecular complexity index is 415. The van der Waals surface area contributed by atoms with Gasteiger partial charge in [-0.05, 0) is 24.5 Å². The lowest BCUT2D eigenvalue weighted by Crippen LogP contribution is -2.21. The van der Waals surface area contributed by atoms with Crippen LogP contribution in [0.5, 0.6) is 0 Å². The molecule has 0 unspecified atom stereocenters. The fraction of sp³-hybridized carbons (Fsp3) is 0.500. The van der Waals surface area contributed by atoms with E-state index in [1.165, 1.54) is 12.1 Å². The van der Waals surface area contributed by atoms with Crippen LogP contribution in [0.2, 0.25) is 5.15 Å². The molecule has 0 amide bonds. The van der Waals surface area contributed by atoms with E-state index >= 15 is 0 Å². The first kappa shape index (κ1) is 11.7. The lowest BCUT2D eigenvalue weighted by Gasteiger charge is -2.18. The molecule has 1 saturated carbocycles. The summed E-state index contributed by atoms with van der Waals surface area (Å²) < 4.78 is 38.2. The summed E-state index contributed by atoms with van der Waals surface area (Å²) >= 11 is 5.46. The third-order valence-corrected chi connectivity index (χ3v) is 3.07. The van der Waals surface area contributed by atoms with Gasteiger partial charge in [-0.1, -0.05) is 17.7 Å². The maximum absolute atomic E-state index is 12.7. The van der Waals surface area contributed by atoms with E-state index < -0.39 is 17.3 Å². The summed E-state index contributed by atoms with van der Waals surface area (Å²) in [6.45, 7) is -0.292. The first-order valence-corrected chi connectivity index (χ1v) is 5.12. The second-order valence-corrected chi connectivity index (χ2v) is 4.35. The zero-order chi connectivity index (χ0) is 12.0. The summed E-state index contributed by atoms with van der Waals surface area (Å²) in [5.41, 5.74) is -1.69. The Labute approximate surface area is 95.1 Å². The van der Waals surface area contributed by atoms with Gasteiger partial charge in [0.2, 0.25) is 0 Å². The fourth-order valence-corrected chi connectivity index (χ4v) is 1.89. The molecule has 1 aliphatic rings. The Hall–Kier alpha value is -0.810. The Morgan fingerprint density at radius 2 is 2.00 bits per heavy atom. The highest BCUT2D eigenvalue weighted by Gasteiger charge is 2.49. The van der Waals surface area contributed by atoms with Crippen LogP contribution in [0.1, 0.15) is 24.1 Å². The molecule has 0 radical (unpaired) electrons. The molecule has 2 nitrogen and oxygen atoms in total. The molecule has 6 heteroatoms.